The van der Waals surface area contributed by atoms with E-state index in [1.54, 1.807) is 0 Å². The maximum Gasteiger partial charge on any atom is 0.0467 e. The van der Waals surface area contributed by atoms with Gasteiger partial charge in [-0.25, -0.2) is 0 Å². The van der Waals surface area contributed by atoms with Gasteiger partial charge in [0.05, 0.1) is 0 Å². The van der Waals surface area contributed by atoms with Crippen LogP contribution in [0.25, 0.3) is 85.9 Å². The van der Waals surface area contributed by atoms with Gasteiger partial charge in [0.2, 0.25) is 0 Å². The lowest BCUT2D eigenvalue weighted by atomic mass is 9.93. The van der Waals surface area contributed by atoms with Gasteiger partial charge in [-0.15, -0.1) is 11.3 Å². The Morgan fingerprint density at radius 3 is 1.68 bits per heavy atom. The number of rotatable bonds is 6. The first-order valence-electron chi connectivity index (χ1n) is 19.2. The Hall–Kier alpha value is -7.00. The van der Waals surface area contributed by atoms with Crippen LogP contribution >= 0.6 is 11.3 Å². The van der Waals surface area contributed by atoms with Gasteiger partial charge in [-0.2, -0.15) is 0 Å². The lowest BCUT2D eigenvalue weighted by Crippen LogP contribution is -2.10. The summed E-state index contributed by atoms with van der Waals surface area (Å²) >= 11 is 1.89. The first-order chi connectivity index (χ1) is 27.8. The Bertz CT molecular complexity index is 3230. The predicted molar refractivity (Wildman–Crippen MR) is 243 cm³/mol. The van der Waals surface area contributed by atoms with Gasteiger partial charge in [0.25, 0.3) is 0 Å². The molecule has 0 spiro atoms. The molecule has 1 nitrogen and oxygen atoms in total. The molecule has 0 aliphatic rings. The summed E-state index contributed by atoms with van der Waals surface area (Å²) in [4.78, 5) is 2.38. The maximum absolute atomic E-state index is 2.38. The summed E-state index contributed by atoms with van der Waals surface area (Å²) in [5.41, 5.74) is 10.6. The minimum absolute atomic E-state index is 1.11. The van der Waals surface area contributed by atoms with Crippen LogP contribution in [0.3, 0.4) is 0 Å². The Balaban J connectivity index is 1.03. The minimum Gasteiger partial charge on any atom is -0.310 e. The molecule has 0 saturated heterocycles. The molecule has 11 rings (SSSR count). The third-order valence-electron chi connectivity index (χ3n) is 11.2. The van der Waals surface area contributed by atoms with Crippen molar-refractivity contribution in [2.45, 2.75) is 0 Å². The average molecular weight is 730 g/mol. The van der Waals surface area contributed by atoms with Crippen LogP contribution in [-0.2, 0) is 0 Å². The molecule has 0 aliphatic carbocycles. The third kappa shape index (κ3) is 5.46. The van der Waals surface area contributed by atoms with Crippen LogP contribution in [0.15, 0.2) is 212 Å². The zero-order valence-corrected chi connectivity index (χ0v) is 31.4. The molecule has 1 aromatic heterocycles. The van der Waals surface area contributed by atoms with E-state index < -0.39 is 0 Å². The van der Waals surface area contributed by atoms with Crippen LogP contribution in [-0.4, -0.2) is 0 Å². The van der Waals surface area contributed by atoms with Crippen LogP contribution in [0.2, 0.25) is 0 Å². The van der Waals surface area contributed by atoms with E-state index in [4.69, 9.17) is 0 Å². The summed E-state index contributed by atoms with van der Waals surface area (Å²) in [5, 5.41) is 10.3. The van der Waals surface area contributed by atoms with Crippen LogP contribution in [0.4, 0.5) is 17.1 Å². The zero-order chi connectivity index (χ0) is 37.0. The second kappa shape index (κ2) is 13.4. The highest BCUT2D eigenvalue weighted by atomic mass is 32.1. The van der Waals surface area contributed by atoms with E-state index in [1.807, 2.05) is 11.3 Å². The van der Waals surface area contributed by atoms with Crippen molar-refractivity contribution in [2.24, 2.45) is 0 Å². The van der Waals surface area contributed by atoms with E-state index in [0.29, 0.717) is 0 Å². The van der Waals surface area contributed by atoms with Crippen LogP contribution in [0.5, 0.6) is 0 Å². The minimum atomic E-state index is 1.11. The number of hydrogen-bond donors (Lipinski definition) is 0. The molecule has 0 aliphatic heterocycles. The molecule has 2 heteroatoms. The number of anilines is 3. The second-order valence-corrected chi connectivity index (χ2v) is 15.5. The lowest BCUT2D eigenvalue weighted by molar-refractivity contribution is 1.28. The molecule has 11 aromatic rings. The van der Waals surface area contributed by atoms with Crippen molar-refractivity contribution in [2.75, 3.05) is 4.90 Å². The van der Waals surface area contributed by atoms with E-state index in [9.17, 15) is 0 Å². The molecule has 10 aromatic carbocycles. The molecule has 0 atom stereocenters. The average Bonchev–Trinajstić information content (AvgIpc) is 3.67. The van der Waals surface area contributed by atoms with Gasteiger partial charge in [-0.05, 0) is 114 Å². The molecule has 0 N–H and O–H groups in total. The van der Waals surface area contributed by atoms with Crippen molar-refractivity contribution in [3.8, 4) is 33.4 Å². The van der Waals surface area contributed by atoms with Gasteiger partial charge in [0.1, 0.15) is 0 Å². The lowest BCUT2D eigenvalue weighted by Gasteiger charge is -2.26. The highest BCUT2D eigenvalue weighted by molar-refractivity contribution is 7.26. The van der Waals surface area contributed by atoms with Crippen molar-refractivity contribution in [3.63, 3.8) is 0 Å². The smallest absolute Gasteiger partial charge is 0.0467 e. The van der Waals surface area contributed by atoms with Gasteiger partial charge in [0, 0.05) is 37.2 Å². The monoisotopic (exact) mass is 729 g/mol. The molecule has 1 heterocycles. The molecular formula is C54H35NS. The Morgan fingerprint density at radius 1 is 0.304 bits per heavy atom. The summed E-state index contributed by atoms with van der Waals surface area (Å²) in [6.07, 6.45) is 0. The molecular weight excluding hydrogens is 695 g/mol. The summed E-state index contributed by atoms with van der Waals surface area (Å²) < 4.78 is 2.67. The van der Waals surface area contributed by atoms with Gasteiger partial charge < -0.3 is 4.90 Å². The van der Waals surface area contributed by atoms with Crippen LogP contribution in [0.1, 0.15) is 0 Å². The normalized spacial score (nSPS) is 11.6. The SMILES string of the molecule is c1ccc(-c2cccc(N(c3ccc(-c4cc5ccccc5c5ccccc45)cc3)c3ccc(-c4cccc5sc6c7ccccc7ccc6c45)cc3)c2)cc1. The maximum atomic E-state index is 2.38. The Kier molecular flexibility index (Phi) is 7.75. The number of hydrogen-bond acceptors (Lipinski definition) is 2. The first kappa shape index (κ1) is 32.4. The van der Waals surface area contributed by atoms with Gasteiger partial charge >= 0.3 is 0 Å². The molecule has 0 bridgehead atoms. The molecule has 262 valence electrons. The van der Waals surface area contributed by atoms with E-state index in [0.717, 1.165) is 17.1 Å². The first-order valence-corrected chi connectivity index (χ1v) is 20.0. The summed E-state index contributed by atoms with van der Waals surface area (Å²) in [6, 6.07) is 77.6. The van der Waals surface area contributed by atoms with Crippen molar-refractivity contribution < 1.29 is 0 Å². The van der Waals surface area contributed by atoms with Gasteiger partial charge in [0.15, 0.2) is 0 Å². The number of thiophene rings is 1. The highest BCUT2D eigenvalue weighted by Gasteiger charge is 2.17. The molecule has 0 unspecified atom stereocenters. The van der Waals surface area contributed by atoms with Crippen LogP contribution in [0, 0.1) is 0 Å². The van der Waals surface area contributed by atoms with Crippen molar-refractivity contribution in [3.05, 3.63) is 212 Å². The van der Waals surface area contributed by atoms with Gasteiger partial charge in [-0.3, -0.25) is 0 Å². The standard InChI is InChI=1S/C54H35NS/c1-2-12-36(13-3-1)40-16-10-17-44(34-40)55(43-31-26-39(27-32-43)51-35-41-15-5-6-18-45(41)48-20-8-9-21-49(48)51)42-29-24-38(25-30-42)46-22-11-23-52-53(46)50-33-28-37-14-4-7-19-47(37)54(50)56-52/h1-35H. The van der Waals surface area contributed by atoms with Crippen molar-refractivity contribution in [1.82, 2.24) is 0 Å². The van der Waals surface area contributed by atoms with Crippen LogP contribution < -0.4 is 4.90 Å². The highest BCUT2D eigenvalue weighted by Crippen LogP contribution is 2.44. The number of benzene rings is 10. The van der Waals surface area contributed by atoms with E-state index >= 15 is 0 Å². The molecule has 0 radical (unpaired) electrons. The molecule has 0 amide bonds. The summed E-state index contributed by atoms with van der Waals surface area (Å²) in [5.74, 6) is 0. The molecule has 0 fully saturated rings. The zero-order valence-electron chi connectivity index (χ0n) is 30.6. The third-order valence-corrected chi connectivity index (χ3v) is 12.4. The van der Waals surface area contributed by atoms with E-state index in [2.05, 4.69) is 217 Å². The van der Waals surface area contributed by atoms with Gasteiger partial charge in [-0.1, -0.05) is 164 Å². The predicted octanol–water partition coefficient (Wildman–Crippen LogP) is 16.0. The molecule has 56 heavy (non-hydrogen) atoms. The van der Waals surface area contributed by atoms with E-state index in [1.165, 1.54) is 85.9 Å². The Morgan fingerprint density at radius 2 is 0.911 bits per heavy atom. The topological polar surface area (TPSA) is 3.24 Å². The fraction of sp³-hybridized carbons (Fsp3) is 0. The Labute approximate surface area is 330 Å². The second-order valence-electron chi connectivity index (χ2n) is 14.5. The summed E-state index contributed by atoms with van der Waals surface area (Å²) in [6.45, 7) is 0. The van der Waals surface area contributed by atoms with Crippen molar-refractivity contribution in [1.29, 1.82) is 0 Å². The summed E-state index contributed by atoms with van der Waals surface area (Å²) in [7, 11) is 0. The quantitative estimate of drug-likeness (QED) is 0.154. The number of fused-ring (bicyclic) bond motifs is 8. The van der Waals surface area contributed by atoms with Crippen molar-refractivity contribution >= 4 is 80.9 Å². The fourth-order valence-electron chi connectivity index (χ4n) is 8.57. The largest absolute Gasteiger partial charge is 0.310 e. The number of nitrogens with zero attached hydrogens (tertiary/aromatic N) is 1. The van der Waals surface area contributed by atoms with E-state index in [-0.39, 0.29) is 0 Å². The molecule has 0 saturated carbocycles. The fourth-order valence-corrected chi connectivity index (χ4v) is 9.83.